The minimum Gasteiger partial charge on any atom is -0.510 e. The van der Waals surface area contributed by atoms with Gasteiger partial charge in [-0.1, -0.05) is 30.8 Å². The third kappa shape index (κ3) is 7.63. The van der Waals surface area contributed by atoms with Crippen molar-refractivity contribution in [2.75, 3.05) is 19.3 Å². The molecule has 0 aliphatic heterocycles. The van der Waals surface area contributed by atoms with E-state index in [0.717, 1.165) is 12.8 Å². The number of amides is 2. The van der Waals surface area contributed by atoms with Gasteiger partial charge in [-0.15, -0.1) is 0 Å². The van der Waals surface area contributed by atoms with Crippen molar-refractivity contribution in [3.63, 3.8) is 0 Å². The van der Waals surface area contributed by atoms with Gasteiger partial charge in [0.15, 0.2) is 0 Å². The van der Waals surface area contributed by atoms with Crippen LogP contribution in [-0.2, 0) is 4.79 Å². The highest BCUT2D eigenvalue weighted by Gasteiger charge is 2.24. The Kier molecular flexibility index (Phi) is 10.1. The molecule has 3 rings (SSSR count). The van der Waals surface area contributed by atoms with Gasteiger partial charge in [0.05, 0.1) is 11.4 Å². The molecule has 0 unspecified atom stereocenters. The molecule has 2 aromatic rings. The number of nitrogens with zero attached hydrogens (tertiary/aromatic N) is 1. The van der Waals surface area contributed by atoms with Gasteiger partial charge in [-0.3, -0.25) is 15.0 Å². The summed E-state index contributed by atoms with van der Waals surface area (Å²) in [6.07, 6.45) is 3.30. The minimum absolute atomic E-state index is 0.00690. The Morgan fingerprint density at radius 3 is 2.22 bits per heavy atom. The second kappa shape index (κ2) is 13.0. The monoisotopic (exact) mass is 492 g/mol. The van der Waals surface area contributed by atoms with Gasteiger partial charge in [-0.05, 0) is 57.4 Å². The third-order valence-corrected chi connectivity index (χ3v) is 5.68. The number of carbonyl (C=O) groups excluding carboxylic acids is 2. The van der Waals surface area contributed by atoms with Crippen molar-refractivity contribution in [3.05, 3.63) is 83.3 Å². The first-order valence-corrected chi connectivity index (χ1v) is 11.8. The smallest absolute Gasteiger partial charge is 0.273 e. The highest BCUT2D eigenvalue weighted by molar-refractivity contribution is 5.99. The number of allylic oxidation sites excluding steroid dienone is 1. The van der Waals surface area contributed by atoms with Gasteiger partial charge in [0.2, 0.25) is 0 Å². The number of hydrogen-bond donors (Lipinski definition) is 6. The number of amidine groups is 1. The number of aliphatic hydroxyl groups is 1. The summed E-state index contributed by atoms with van der Waals surface area (Å²) in [6, 6.07) is 14.0. The molecular weight excluding hydrogens is 456 g/mol. The number of aliphatic hydroxyl groups excluding tert-OH is 1. The van der Waals surface area contributed by atoms with Crippen LogP contribution >= 0.6 is 0 Å². The van der Waals surface area contributed by atoms with Crippen LogP contribution in [0, 0.1) is 5.41 Å². The first-order valence-electron chi connectivity index (χ1n) is 11.8. The number of benzene rings is 2. The number of anilines is 1. The zero-order valence-corrected chi connectivity index (χ0v) is 21.1. The molecule has 0 saturated heterocycles. The van der Waals surface area contributed by atoms with Crippen LogP contribution in [0.25, 0.3) is 5.70 Å². The normalized spacial score (nSPS) is 13.2. The minimum atomic E-state index is -0.266. The zero-order chi connectivity index (χ0) is 26.8. The number of likely N-dealkylation sites (N-methyl/N-ethyl adjacent to an activating group) is 1. The molecule has 9 heteroatoms. The molecule has 1 fully saturated rings. The molecule has 2 aromatic carbocycles. The topological polar surface area (TPSA) is 158 Å². The second-order valence-corrected chi connectivity index (χ2v) is 8.52. The summed E-state index contributed by atoms with van der Waals surface area (Å²) >= 11 is 0. The lowest BCUT2D eigenvalue weighted by Gasteiger charge is -2.30. The Morgan fingerprint density at radius 2 is 1.75 bits per heavy atom. The van der Waals surface area contributed by atoms with E-state index in [9.17, 15) is 14.7 Å². The summed E-state index contributed by atoms with van der Waals surface area (Å²) in [4.78, 5) is 25.2. The van der Waals surface area contributed by atoms with Crippen molar-refractivity contribution in [3.8, 4) is 0 Å². The Hall–Kier alpha value is -4.27. The highest BCUT2D eigenvalue weighted by atomic mass is 16.3. The Morgan fingerprint density at radius 1 is 1.14 bits per heavy atom. The van der Waals surface area contributed by atoms with Crippen LogP contribution in [0.1, 0.15) is 54.6 Å². The maximum Gasteiger partial charge on any atom is 0.273 e. The van der Waals surface area contributed by atoms with Crippen LogP contribution in [-0.4, -0.2) is 47.3 Å². The summed E-state index contributed by atoms with van der Waals surface area (Å²) in [5.41, 5.74) is 14.3. The van der Waals surface area contributed by atoms with Gasteiger partial charge in [-0.2, -0.15) is 0 Å². The van der Waals surface area contributed by atoms with Gasteiger partial charge < -0.3 is 32.1 Å². The number of nitrogens with two attached hydrogens (primary N) is 2. The number of hydrogen-bond acceptors (Lipinski definition) is 6. The van der Waals surface area contributed by atoms with Crippen LogP contribution in [0.3, 0.4) is 0 Å². The van der Waals surface area contributed by atoms with Crippen molar-refractivity contribution in [2.24, 2.45) is 5.73 Å². The van der Waals surface area contributed by atoms with E-state index in [-0.39, 0.29) is 23.4 Å². The average molecular weight is 493 g/mol. The van der Waals surface area contributed by atoms with Crippen molar-refractivity contribution in [2.45, 2.75) is 39.2 Å². The predicted molar refractivity (Wildman–Crippen MR) is 144 cm³/mol. The lowest BCUT2D eigenvalue weighted by molar-refractivity contribution is -0.123. The van der Waals surface area contributed by atoms with Crippen LogP contribution in [0.5, 0.6) is 0 Å². The maximum absolute atomic E-state index is 12.5. The Balaban J connectivity index is 0.000000281. The molecular formula is C27H36N6O3. The number of nitrogens with one attached hydrogen (secondary N) is 3. The molecule has 0 spiro atoms. The van der Waals surface area contributed by atoms with E-state index in [1.54, 1.807) is 62.5 Å². The van der Waals surface area contributed by atoms with Crippen molar-refractivity contribution < 1.29 is 14.7 Å². The Labute approximate surface area is 212 Å². The summed E-state index contributed by atoms with van der Waals surface area (Å²) in [5.74, 6) is -0.314. The zero-order valence-electron chi connectivity index (χ0n) is 21.1. The molecule has 36 heavy (non-hydrogen) atoms. The van der Waals surface area contributed by atoms with Crippen LogP contribution in [0.15, 0.2) is 66.6 Å². The van der Waals surface area contributed by atoms with Gasteiger partial charge in [-0.25, -0.2) is 0 Å². The average Bonchev–Trinajstić information content (AvgIpc) is 2.81. The van der Waals surface area contributed by atoms with E-state index in [1.165, 1.54) is 11.3 Å². The molecule has 192 valence electrons. The molecule has 0 heterocycles. The first kappa shape index (κ1) is 28.0. The highest BCUT2D eigenvalue weighted by Crippen LogP contribution is 2.25. The molecule has 1 aliphatic carbocycles. The SMILES string of the molecule is C=C(NC1CCC1)C(=O)N(C)/C(=C(\C)O)c1cccc(N)c1.CCNC(=O)c1ccc(C(=N)N)cc1. The number of rotatable bonds is 8. The fourth-order valence-electron chi connectivity index (χ4n) is 3.56. The predicted octanol–water partition coefficient (Wildman–Crippen LogP) is 3.35. The van der Waals surface area contributed by atoms with Crippen LogP contribution < -0.4 is 22.1 Å². The summed E-state index contributed by atoms with van der Waals surface area (Å²) in [7, 11) is 1.62. The molecule has 8 N–H and O–H groups in total. The molecule has 1 saturated carbocycles. The van der Waals surface area contributed by atoms with Gasteiger partial charge in [0.25, 0.3) is 11.8 Å². The van der Waals surface area contributed by atoms with Crippen LogP contribution in [0.4, 0.5) is 5.69 Å². The van der Waals surface area contributed by atoms with E-state index >= 15 is 0 Å². The molecule has 1 aliphatic rings. The van der Waals surface area contributed by atoms with Crippen molar-refractivity contribution in [1.29, 1.82) is 5.41 Å². The molecule has 0 radical (unpaired) electrons. The van der Waals surface area contributed by atoms with E-state index in [4.69, 9.17) is 16.9 Å². The van der Waals surface area contributed by atoms with Crippen molar-refractivity contribution in [1.82, 2.24) is 15.5 Å². The number of nitrogen functional groups attached to an aromatic ring is 2. The summed E-state index contributed by atoms with van der Waals surface area (Å²) in [5, 5.41) is 23.0. The molecule has 9 nitrogen and oxygen atoms in total. The van der Waals surface area contributed by atoms with Gasteiger partial charge in [0, 0.05) is 42.0 Å². The fraction of sp³-hybridized carbons (Fsp3) is 0.296. The molecule has 0 aromatic heterocycles. The largest absolute Gasteiger partial charge is 0.510 e. The summed E-state index contributed by atoms with van der Waals surface area (Å²) in [6.45, 7) is 7.83. The number of carbonyl (C=O) groups is 2. The van der Waals surface area contributed by atoms with Crippen molar-refractivity contribution >= 4 is 29.0 Å². The molecule has 0 atom stereocenters. The molecule has 0 bridgehead atoms. The fourth-order valence-corrected chi connectivity index (χ4v) is 3.56. The van der Waals surface area contributed by atoms with Gasteiger partial charge in [0.1, 0.15) is 11.6 Å². The second-order valence-electron chi connectivity index (χ2n) is 8.52. The standard InChI is InChI=1S/C17H23N3O2.C10H13N3O/c1-11(19-15-8-5-9-15)17(22)20(3)16(12(2)21)13-6-4-7-14(18)10-13;1-2-13-10(14)8-5-3-7(4-6-8)9(11)12/h4,6-7,10,15,19,21H,1,5,8-9,18H2,2-3H3;3-6H,2H2,1H3,(H3,11,12)(H,13,14)/b16-12+;. The first-order chi connectivity index (χ1) is 17.0. The quantitative estimate of drug-likeness (QED) is 0.109. The maximum atomic E-state index is 12.5. The van der Waals surface area contributed by atoms with Gasteiger partial charge >= 0.3 is 0 Å². The lowest BCUT2D eigenvalue weighted by Crippen LogP contribution is -2.40. The summed E-state index contributed by atoms with van der Waals surface area (Å²) < 4.78 is 0. The van der Waals surface area contributed by atoms with E-state index < -0.39 is 0 Å². The Bertz CT molecular complexity index is 1130. The van der Waals surface area contributed by atoms with E-state index in [1.807, 2.05) is 6.92 Å². The van der Waals surface area contributed by atoms with E-state index in [2.05, 4.69) is 17.2 Å². The van der Waals surface area contributed by atoms with Crippen LogP contribution in [0.2, 0.25) is 0 Å². The third-order valence-electron chi connectivity index (χ3n) is 5.68. The van der Waals surface area contributed by atoms with E-state index in [0.29, 0.717) is 46.4 Å². The molecule has 2 amide bonds. The lowest BCUT2D eigenvalue weighted by atomic mass is 9.93.